The molecule has 1 aromatic heterocycles. The maximum Gasteiger partial charge on any atom is 0.410 e. The lowest BCUT2D eigenvalue weighted by Gasteiger charge is -2.40. The molecule has 0 spiro atoms. The molecule has 1 aliphatic rings. The summed E-state index contributed by atoms with van der Waals surface area (Å²) in [5, 5.41) is 8.70. The third-order valence-corrected chi connectivity index (χ3v) is 3.24. The normalized spacial score (nSPS) is 16.9. The second-order valence-electron chi connectivity index (χ2n) is 6.30. The first-order valence-electron chi connectivity index (χ1n) is 7.56. The first kappa shape index (κ1) is 17.1. The van der Waals surface area contributed by atoms with Gasteiger partial charge in [-0.05, 0) is 33.3 Å². The van der Waals surface area contributed by atoms with Gasteiger partial charge in [-0.15, -0.1) is 0 Å². The summed E-state index contributed by atoms with van der Waals surface area (Å²) in [4.78, 5) is 17.8. The molecule has 124 valence electrons. The molecule has 1 aromatic rings. The lowest BCUT2D eigenvalue weighted by atomic mass is 10.1. The van der Waals surface area contributed by atoms with Crippen molar-refractivity contribution in [1.82, 2.24) is 9.88 Å². The van der Waals surface area contributed by atoms with E-state index < -0.39 is 5.60 Å². The van der Waals surface area contributed by atoms with Gasteiger partial charge in [0.2, 0.25) is 0 Å². The Morgan fingerprint density at radius 1 is 1.48 bits per heavy atom. The third-order valence-electron chi connectivity index (χ3n) is 3.24. The quantitative estimate of drug-likeness (QED) is 0.861. The number of carbonyl (C=O) groups excluding carboxylic acids is 1. The van der Waals surface area contributed by atoms with Crippen molar-refractivity contribution in [3.8, 4) is 17.6 Å². The molecule has 2 heterocycles. The van der Waals surface area contributed by atoms with Gasteiger partial charge in [-0.2, -0.15) is 0 Å². The molecular weight excluding hydrogens is 296 g/mol. The van der Waals surface area contributed by atoms with E-state index in [0.717, 1.165) is 6.42 Å². The van der Waals surface area contributed by atoms with Gasteiger partial charge in [0.15, 0.2) is 0 Å². The van der Waals surface area contributed by atoms with Crippen molar-refractivity contribution in [2.75, 3.05) is 19.8 Å². The van der Waals surface area contributed by atoms with Gasteiger partial charge in [0.1, 0.15) is 24.6 Å². The fourth-order valence-corrected chi connectivity index (χ4v) is 2.08. The van der Waals surface area contributed by atoms with Crippen LogP contribution in [-0.2, 0) is 4.74 Å². The van der Waals surface area contributed by atoms with Crippen LogP contribution >= 0.6 is 0 Å². The number of rotatable bonds is 3. The Balaban J connectivity index is 1.88. The van der Waals surface area contributed by atoms with Gasteiger partial charge in [-0.25, -0.2) is 4.79 Å². The first-order chi connectivity index (χ1) is 10.9. The van der Waals surface area contributed by atoms with Crippen LogP contribution in [0.15, 0.2) is 18.5 Å². The Hall–Kier alpha value is -2.26. The summed E-state index contributed by atoms with van der Waals surface area (Å²) < 4.78 is 11.1. The molecule has 0 radical (unpaired) electrons. The number of likely N-dealkylation sites (tertiary alicyclic amines) is 1. The molecule has 0 aliphatic carbocycles. The minimum atomic E-state index is -0.498. The zero-order chi connectivity index (χ0) is 16.9. The van der Waals surface area contributed by atoms with Crippen molar-refractivity contribution in [3.63, 3.8) is 0 Å². The number of carbonyl (C=O) groups is 1. The van der Waals surface area contributed by atoms with Crippen LogP contribution in [0.1, 0.15) is 32.8 Å². The maximum atomic E-state index is 12.0. The lowest BCUT2D eigenvalue weighted by molar-refractivity contribution is -0.0141. The Labute approximate surface area is 136 Å². The highest BCUT2D eigenvalue weighted by Crippen LogP contribution is 2.22. The predicted octanol–water partition coefficient (Wildman–Crippen LogP) is 1.81. The number of aliphatic hydroxyl groups is 1. The van der Waals surface area contributed by atoms with Gasteiger partial charge >= 0.3 is 6.09 Å². The van der Waals surface area contributed by atoms with E-state index in [1.165, 1.54) is 0 Å². The molecule has 0 bridgehead atoms. The van der Waals surface area contributed by atoms with Crippen LogP contribution in [0.5, 0.6) is 5.75 Å². The molecular formula is C17H22N2O4. The van der Waals surface area contributed by atoms with Crippen molar-refractivity contribution in [3.05, 3.63) is 24.0 Å². The van der Waals surface area contributed by atoms with E-state index in [4.69, 9.17) is 14.6 Å². The van der Waals surface area contributed by atoms with Crippen LogP contribution in [0.4, 0.5) is 4.79 Å². The molecule has 1 aliphatic heterocycles. The Kier molecular flexibility index (Phi) is 5.45. The van der Waals surface area contributed by atoms with E-state index in [1.807, 2.05) is 20.8 Å². The number of aliphatic hydroxyl groups excluding tert-OH is 1. The van der Waals surface area contributed by atoms with Gasteiger partial charge in [0.05, 0.1) is 12.2 Å². The van der Waals surface area contributed by atoms with Crippen LogP contribution < -0.4 is 4.74 Å². The number of amides is 1. The fraction of sp³-hybridized carbons (Fsp3) is 0.529. The lowest BCUT2D eigenvalue weighted by Crippen LogP contribution is -2.55. The highest BCUT2D eigenvalue weighted by molar-refractivity contribution is 5.69. The number of hydrogen-bond donors (Lipinski definition) is 1. The van der Waals surface area contributed by atoms with E-state index in [9.17, 15) is 4.79 Å². The standard InChI is InChI=1S/C17H22N2O4/c1-17(2,3)23-16(21)19-7-6-14(19)12-22-15-9-13(5-4-8-20)10-18-11-15/h9-11,14,20H,6-8,12H2,1-3H3. The fourth-order valence-electron chi connectivity index (χ4n) is 2.08. The molecule has 1 fully saturated rings. The molecule has 1 N–H and O–H groups in total. The largest absolute Gasteiger partial charge is 0.490 e. The molecule has 1 unspecified atom stereocenters. The molecule has 1 amide bonds. The summed E-state index contributed by atoms with van der Waals surface area (Å²) in [6, 6.07) is 1.77. The summed E-state index contributed by atoms with van der Waals surface area (Å²) >= 11 is 0. The predicted molar refractivity (Wildman–Crippen MR) is 85.0 cm³/mol. The summed E-state index contributed by atoms with van der Waals surface area (Å²) in [6.45, 7) is 6.42. The number of pyridine rings is 1. The second-order valence-corrected chi connectivity index (χ2v) is 6.30. The highest BCUT2D eigenvalue weighted by Gasteiger charge is 2.35. The van der Waals surface area contributed by atoms with E-state index in [2.05, 4.69) is 16.8 Å². The zero-order valence-corrected chi connectivity index (χ0v) is 13.7. The molecule has 2 rings (SSSR count). The van der Waals surface area contributed by atoms with Crippen molar-refractivity contribution >= 4 is 6.09 Å². The van der Waals surface area contributed by atoms with Crippen molar-refractivity contribution < 1.29 is 19.4 Å². The molecule has 6 nitrogen and oxygen atoms in total. The van der Waals surface area contributed by atoms with Crippen LogP contribution in [0.2, 0.25) is 0 Å². The maximum absolute atomic E-state index is 12.0. The Bertz CT molecular complexity index is 613. The van der Waals surface area contributed by atoms with E-state index in [0.29, 0.717) is 24.5 Å². The second kappa shape index (κ2) is 7.34. The smallest absolute Gasteiger partial charge is 0.410 e. The van der Waals surface area contributed by atoms with Gasteiger partial charge in [0, 0.05) is 18.3 Å². The molecule has 0 aromatic carbocycles. The highest BCUT2D eigenvalue weighted by atomic mass is 16.6. The van der Waals surface area contributed by atoms with Crippen molar-refractivity contribution in [2.24, 2.45) is 0 Å². The monoisotopic (exact) mass is 318 g/mol. The van der Waals surface area contributed by atoms with Crippen molar-refractivity contribution in [2.45, 2.75) is 38.8 Å². The Morgan fingerprint density at radius 2 is 2.26 bits per heavy atom. The van der Waals surface area contributed by atoms with Crippen LogP contribution in [0.25, 0.3) is 0 Å². The summed E-state index contributed by atoms with van der Waals surface area (Å²) in [5.41, 5.74) is 0.177. The van der Waals surface area contributed by atoms with E-state index in [-0.39, 0.29) is 18.7 Å². The number of aromatic nitrogens is 1. The molecule has 6 heteroatoms. The van der Waals surface area contributed by atoms with Gasteiger partial charge < -0.3 is 19.5 Å². The topological polar surface area (TPSA) is 71.9 Å². The third kappa shape index (κ3) is 5.15. The van der Waals surface area contributed by atoms with Gasteiger partial charge in [0.25, 0.3) is 0 Å². The molecule has 0 saturated carbocycles. The molecule has 1 atom stereocenters. The minimum absolute atomic E-state index is 0.0111. The van der Waals surface area contributed by atoms with Crippen LogP contribution in [-0.4, -0.2) is 52.5 Å². The molecule has 23 heavy (non-hydrogen) atoms. The number of hydrogen-bond acceptors (Lipinski definition) is 5. The number of ether oxygens (including phenoxy) is 2. The average Bonchev–Trinajstić information content (AvgIpc) is 2.42. The Morgan fingerprint density at radius 3 is 2.87 bits per heavy atom. The number of nitrogens with zero attached hydrogens (tertiary/aromatic N) is 2. The summed E-state index contributed by atoms with van der Waals surface area (Å²) in [5.74, 6) is 5.93. The SMILES string of the molecule is CC(C)(C)OC(=O)N1CCC1COc1cncc(C#CCO)c1. The van der Waals surface area contributed by atoms with Gasteiger partial charge in [-0.3, -0.25) is 4.98 Å². The van der Waals surface area contributed by atoms with Crippen LogP contribution in [0.3, 0.4) is 0 Å². The summed E-state index contributed by atoms with van der Waals surface area (Å²) in [7, 11) is 0. The van der Waals surface area contributed by atoms with Gasteiger partial charge in [-0.1, -0.05) is 11.8 Å². The van der Waals surface area contributed by atoms with E-state index >= 15 is 0 Å². The summed E-state index contributed by atoms with van der Waals surface area (Å²) in [6.07, 6.45) is 3.78. The zero-order valence-electron chi connectivity index (χ0n) is 13.7. The minimum Gasteiger partial charge on any atom is -0.490 e. The first-order valence-corrected chi connectivity index (χ1v) is 7.56. The average molecular weight is 318 g/mol. The van der Waals surface area contributed by atoms with Crippen LogP contribution in [0, 0.1) is 11.8 Å². The molecule has 1 saturated heterocycles. The van der Waals surface area contributed by atoms with Crippen molar-refractivity contribution in [1.29, 1.82) is 0 Å². The van der Waals surface area contributed by atoms with E-state index in [1.54, 1.807) is 23.4 Å².